The van der Waals surface area contributed by atoms with E-state index < -0.39 is 5.97 Å². The Morgan fingerprint density at radius 2 is 1.80 bits per heavy atom. The zero-order chi connectivity index (χ0) is 21.3. The summed E-state index contributed by atoms with van der Waals surface area (Å²) in [6.07, 6.45) is 4.47. The fourth-order valence-electron chi connectivity index (χ4n) is 2.60. The van der Waals surface area contributed by atoms with Crippen molar-refractivity contribution in [2.45, 2.75) is 6.92 Å². The molecule has 3 rings (SSSR count). The van der Waals surface area contributed by atoms with Gasteiger partial charge in [-0.25, -0.2) is 10.2 Å². The minimum Gasteiger partial charge on any atom is -0.423 e. The summed E-state index contributed by atoms with van der Waals surface area (Å²) in [4.78, 5) is 24.4. The fourth-order valence-corrected chi connectivity index (χ4v) is 2.97. The van der Waals surface area contributed by atoms with E-state index in [0.717, 1.165) is 15.6 Å². The van der Waals surface area contributed by atoms with Gasteiger partial charge in [0.2, 0.25) is 0 Å². The van der Waals surface area contributed by atoms with Crippen molar-refractivity contribution >= 4 is 40.1 Å². The van der Waals surface area contributed by atoms with Crippen LogP contribution in [0.15, 0.2) is 88.4 Å². The van der Waals surface area contributed by atoms with Crippen LogP contribution in [0, 0.1) is 6.92 Å². The van der Waals surface area contributed by atoms with Crippen LogP contribution in [-0.2, 0) is 4.79 Å². The van der Waals surface area contributed by atoms with E-state index in [-0.39, 0.29) is 5.91 Å². The smallest absolute Gasteiger partial charge is 0.336 e. The quantitative estimate of drug-likeness (QED) is 0.181. The van der Waals surface area contributed by atoms with E-state index >= 15 is 0 Å². The van der Waals surface area contributed by atoms with Crippen LogP contribution >= 0.6 is 15.9 Å². The fraction of sp³-hybridized carbons (Fsp3) is 0.0417. The Hall–Kier alpha value is -3.51. The molecule has 1 amide bonds. The van der Waals surface area contributed by atoms with E-state index in [4.69, 9.17) is 4.74 Å². The molecule has 0 aliphatic rings. The summed E-state index contributed by atoms with van der Waals surface area (Å²) >= 11 is 3.39. The second-order valence-corrected chi connectivity index (χ2v) is 7.33. The van der Waals surface area contributed by atoms with Crippen molar-refractivity contribution in [2.75, 3.05) is 0 Å². The molecule has 0 fully saturated rings. The Bertz CT molecular complexity index is 1110. The number of carbonyl (C=O) groups excluding carboxylic acids is 2. The molecule has 150 valence electrons. The largest absolute Gasteiger partial charge is 0.423 e. The number of ether oxygens (including phenoxy) is 1. The van der Waals surface area contributed by atoms with Gasteiger partial charge in [-0.1, -0.05) is 64.0 Å². The van der Waals surface area contributed by atoms with Gasteiger partial charge in [0.25, 0.3) is 5.91 Å². The summed E-state index contributed by atoms with van der Waals surface area (Å²) in [5, 5.41) is 4.00. The van der Waals surface area contributed by atoms with Gasteiger partial charge in [-0.2, -0.15) is 5.10 Å². The van der Waals surface area contributed by atoms with Crippen LogP contribution in [0.4, 0.5) is 0 Å². The van der Waals surface area contributed by atoms with Gasteiger partial charge in [0.05, 0.1) is 6.21 Å². The number of hydrogen-bond donors (Lipinski definition) is 1. The van der Waals surface area contributed by atoms with E-state index in [0.29, 0.717) is 16.9 Å². The van der Waals surface area contributed by atoms with E-state index in [1.165, 1.54) is 12.3 Å². The standard InChI is InChI=1S/C24H19BrN2O3/c1-17-6-5-9-19(14-17)24(29)27-26-16-20-15-21(25)11-12-22(20)30-23(28)13-10-18-7-3-2-4-8-18/h2-16H,1H3,(H,27,29)/b13-10+,26-16?. The lowest BCUT2D eigenvalue weighted by molar-refractivity contribution is -0.128. The Morgan fingerprint density at radius 3 is 2.57 bits per heavy atom. The second-order valence-electron chi connectivity index (χ2n) is 6.42. The number of nitrogens with one attached hydrogen (secondary N) is 1. The van der Waals surface area contributed by atoms with Crippen LogP contribution < -0.4 is 10.2 Å². The number of hydrogen-bond acceptors (Lipinski definition) is 4. The van der Waals surface area contributed by atoms with Gasteiger partial charge in [-0.15, -0.1) is 0 Å². The molecule has 0 aliphatic carbocycles. The predicted molar refractivity (Wildman–Crippen MR) is 121 cm³/mol. The number of halogens is 1. The lowest BCUT2D eigenvalue weighted by atomic mass is 10.1. The van der Waals surface area contributed by atoms with Crippen LogP contribution in [0.25, 0.3) is 6.08 Å². The van der Waals surface area contributed by atoms with Crippen LogP contribution in [0.2, 0.25) is 0 Å². The Balaban J connectivity index is 1.68. The number of benzene rings is 3. The van der Waals surface area contributed by atoms with Gasteiger partial charge in [-0.05, 0) is 48.9 Å². The summed E-state index contributed by atoms with van der Waals surface area (Å²) in [6.45, 7) is 1.91. The van der Waals surface area contributed by atoms with E-state index in [1.54, 1.807) is 36.4 Å². The van der Waals surface area contributed by atoms with Gasteiger partial charge in [-0.3, -0.25) is 4.79 Å². The summed E-state index contributed by atoms with van der Waals surface area (Å²) in [5.41, 5.74) is 5.41. The van der Waals surface area contributed by atoms with E-state index in [1.807, 2.05) is 49.4 Å². The molecule has 0 spiro atoms. The topological polar surface area (TPSA) is 67.8 Å². The molecule has 0 bridgehead atoms. The molecule has 3 aromatic rings. The van der Waals surface area contributed by atoms with Gasteiger partial charge >= 0.3 is 5.97 Å². The average molecular weight is 463 g/mol. The lowest BCUT2D eigenvalue weighted by Gasteiger charge is -2.06. The molecule has 0 unspecified atom stereocenters. The maximum absolute atomic E-state index is 12.2. The van der Waals surface area contributed by atoms with Crippen molar-refractivity contribution in [3.05, 3.63) is 106 Å². The third-order valence-corrected chi connectivity index (χ3v) is 4.54. The first-order valence-electron chi connectivity index (χ1n) is 9.16. The molecule has 0 aliphatic heterocycles. The highest BCUT2D eigenvalue weighted by molar-refractivity contribution is 9.10. The highest BCUT2D eigenvalue weighted by Gasteiger charge is 2.08. The van der Waals surface area contributed by atoms with Crippen LogP contribution in [0.5, 0.6) is 5.75 Å². The number of esters is 1. The zero-order valence-electron chi connectivity index (χ0n) is 16.2. The first-order chi connectivity index (χ1) is 14.5. The van der Waals surface area contributed by atoms with E-state index in [9.17, 15) is 9.59 Å². The van der Waals surface area contributed by atoms with Crippen molar-refractivity contribution in [1.29, 1.82) is 0 Å². The van der Waals surface area contributed by atoms with Gasteiger partial charge < -0.3 is 4.74 Å². The number of aryl methyl sites for hydroxylation is 1. The molecule has 30 heavy (non-hydrogen) atoms. The van der Waals surface area contributed by atoms with Crippen molar-refractivity contribution in [3.63, 3.8) is 0 Å². The molecule has 0 saturated heterocycles. The molecule has 0 aromatic heterocycles. The van der Waals surface area contributed by atoms with Crippen LogP contribution in [0.3, 0.4) is 0 Å². The van der Waals surface area contributed by atoms with Crippen LogP contribution in [0.1, 0.15) is 27.0 Å². The first kappa shape index (κ1) is 21.2. The Kier molecular flexibility index (Phi) is 7.29. The van der Waals surface area contributed by atoms with Gasteiger partial charge in [0.15, 0.2) is 0 Å². The number of nitrogens with zero attached hydrogens (tertiary/aromatic N) is 1. The summed E-state index contributed by atoms with van der Waals surface area (Å²) in [5.74, 6) is -0.511. The minimum atomic E-state index is -0.514. The highest BCUT2D eigenvalue weighted by atomic mass is 79.9. The summed E-state index contributed by atoms with van der Waals surface area (Å²) in [7, 11) is 0. The minimum absolute atomic E-state index is 0.325. The molecule has 6 heteroatoms. The normalized spacial score (nSPS) is 11.0. The molecule has 3 aromatic carbocycles. The first-order valence-corrected chi connectivity index (χ1v) is 9.95. The summed E-state index contributed by atoms with van der Waals surface area (Å²) < 4.78 is 6.22. The Labute approximate surface area is 183 Å². The molecule has 0 atom stereocenters. The van der Waals surface area contributed by atoms with Gasteiger partial charge in [0.1, 0.15) is 5.75 Å². The highest BCUT2D eigenvalue weighted by Crippen LogP contribution is 2.22. The SMILES string of the molecule is Cc1cccc(C(=O)NN=Cc2cc(Br)ccc2OC(=O)/C=C/c2ccccc2)c1. The van der Waals surface area contributed by atoms with Crippen LogP contribution in [-0.4, -0.2) is 18.1 Å². The maximum Gasteiger partial charge on any atom is 0.336 e. The molecule has 0 radical (unpaired) electrons. The maximum atomic E-state index is 12.2. The zero-order valence-corrected chi connectivity index (χ0v) is 17.8. The lowest BCUT2D eigenvalue weighted by Crippen LogP contribution is -2.17. The number of carbonyl (C=O) groups is 2. The number of rotatable bonds is 6. The van der Waals surface area contributed by atoms with Gasteiger partial charge in [0, 0.05) is 21.7 Å². The van der Waals surface area contributed by atoms with E-state index in [2.05, 4.69) is 26.5 Å². The summed E-state index contributed by atoms with van der Waals surface area (Å²) in [6, 6.07) is 21.8. The third kappa shape index (κ3) is 6.25. The second kappa shape index (κ2) is 10.3. The molecular formula is C24H19BrN2O3. The van der Waals surface area contributed by atoms with Crippen molar-refractivity contribution < 1.29 is 14.3 Å². The molecular weight excluding hydrogens is 444 g/mol. The monoisotopic (exact) mass is 462 g/mol. The number of amides is 1. The van der Waals surface area contributed by atoms with Crippen molar-refractivity contribution in [3.8, 4) is 5.75 Å². The van der Waals surface area contributed by atoms with Crippen molar-refractivity contribution in [1.82, 2.24) is 5.43 Å². The molecule has 0 saturated carbocycles. The Morgan fingerprint density at radius 1 is 1.00 bits per heavy atom. The predicted octanol–water partition coefficient (Wildman–Crippen LogP) is 5.14. The third-order valence-electron chi connectivity index (χ3n) is 4.04. The van der Waals surface area contributed by atoms with Crippen molar-refractivity contribution in [2.24, 2.45) is 5.10 Å². The molecule has 1 N–H and O–H groups in total. The molecule has 0 heterocycles. The average Bonchev–Trinajstić information content (AvgIpc) is 2.75. The number of hydrazone groups is 1. The molecule has 5 nitrogen and oxygen atoms in total.